The van der Waals surface area contributed by atoms with Gasteiger partial charge in [-0.2, -0.15) is 0 Å². The number of rotatable bonds is 6. The number of urea groups is 1. The van der Waals surface area contributed by atoms with Crippen molar-refractivity contribution in [2.45, 2.75) is 6.50 Å². The molecule has 5 rings (SSSR count). The van der Waals surface area contributed by atoms with E-state index in [0.717, 1.165) is 6.07 Å². The van der Waals surface area contributed by atoms with Crippen molar-refractivity contribution < 1.29 is 25.2 Å². The van der Waals surface area contributed by atoms with Gasteiger partial charge in [-0.25, -0.2) is 9.78 Å². The number of nitrogens with one attached hydrogen (secondary N) is 3. The molecule has 0 saturated carbocycles. The molecule has 166 valence electrons. The fraction of sp³-hybridized carbons (Fsp3) is 0.120. The predicted molar refractivity (Wildman–Crippen MR) is 129 cm³/mol. The third-order valence-electron chi connectivity index (χ3n) is 5.11. The summed E-state index contributed by atoms with van der Waals surface area (Å²) in [5.41, 5.74) is 1.64. The van der Waals surface area contributed by atoms with Crippen LogP contribution in [0.4, 0.5) is 16.2 Å². The summed E-state index contributed by atoms with van der Waals surface area (Å²) >= 11 is 0. The van der Waals surface area contributed by atoms with E-state index in [1.54, 1.807) is 48.8 Å². The molecule has 0 fully saturated rings. The van der Waals surface area contributed by atoms with Crippen LogP contribution in [0, 0.1) is 0 Å². The Bertz CT molecular complexity index is 1740. The van der Waals surface area contributed by atoms with Crippen molar-refractivity contribution in [3.8, 4) is 11.5 Å². The van der Waals surface area contributed by atoms with Gasteiger partial charge in [-0.15, -0.1) is 0 Å². The number of carbonyl (C=O) groups is 1. The Morgan fingerprint density at radius 1 is 1.09 bits per heavy atom. The smallest absolute Gasteiger partial charge is 0.323 e. The zero-order valence-corrected chi connectivity index (χ0v) is 17.0. The van der Waals surface area contributed by atoms with Crippen molar-refractivity contribution in [2.24, 2.45) is 0 Å². The lowest BCUT2D eigenvalue weighted by atomic mass is 10.2. The van der Waals surface area contributed by atoms with Gasteiger partial charge in [0.2, 0.25) is 0 Å². The maximum atomic E-state index is 13.0. The number of hydrogen-bond acceptors (Lipinski definition) is 4. The van der Waals surface area contributed by atoms with Gasteiger partial charge in [-0.1, -0.05) is 6.07 Å². The summed E-state index contributed by atoms with van der Waals surface area (Å²) in [7, 11) is -5.61. The van der Waals surface area contributed by atoms with Gasteiger partial charge in [0.15, 0.2) is 0 Å². The number of methoxy groups -OCH3 is 2. The summed E-state index contributed by atoms with van der Waals surface area (Å²) in [4.78, 5) is 20.2. The van der Waals surface area contributed by atoms with Gasteiger partial charge in [-0.3, -0.25) is 0 Å². The van der Waals surface area contributed by atoms with Crippen LogP contribution in [0.3, 0.4) is 0 Å². The molecule has 3 aromatic heterocycles. The number of pyridine rings is 1. The largest absolute Gasteiger partial charge is 0.497 e. The molecule has 2 aromatic carbocycles. The van der Waals surface area contributed by atoms with Crippen LogP contribution < -0.4 is 20.1 Å². The monoisotopic (exact) mass is 449 g/mol. The van der Waals surface area contributed by atoms with Gasteiger partial charge in [0.1, 0.15) is 17.1 Å². The third kappa shape index (κ3) is 3.94. The van der Waals surface area contributed by atoms with Gasteiger partial charge < -0.3 is 29.7 Å². The van der Waals surface area contributed by atoms with Gasteiger partial charge in [0, 0.05) is 41.9 Å². The van der Waals surface area contributed by atoms with Crippen molar-refractivity contribution in [1.82, 2.24) is 14.5 Å². The first-order valence-electron chi connectivity index (χ1n) is 13.8. The molecule has 3 heterocycles. The maximum Gasteiger partial charge on any atom is 0.323 e. The van der Waals surface area contributed by atoms with E-state index < -0.39 is 26.6 Å². The van der Waals surface area contributed by atoms with Gasteiger partial charge in [0.05, 0.1) is 41.9 Å². The molecule has 3 N–H and O–H groups in total. The second-order valence-corrected chi connectivity index (χ2v) is 7.08. The molecule has 0 aliphatic heterocycles. The number of aromatic nitrogens is 3. The van der Waals surface area contributed by atoms with Crippen LogP contribution >= 0.6 is 0 Å². The van der Waals surface area contributed by atoms with Crippen molar-refractivity contribution in [3.05, 3.63) is 78.8 Å². The van der Waals surface area contributed by atoms with Crippen LogP contribution in [-0.4, -0.2) is 34.6 Å². The first-order valence-corrected chi connectivity index (χ1v) is 9.84. The Labute approximate surface area is 201 Å². The lowest BCUT2D eigenvalue weighted by Crippen LogP contribution is -2.20. The lowest BCUT2D eigenvalue weighted by Gasteiger charge is -2.13. The van der Waals surface area contributed by atoms with E-state index in [2.05, 4.69) is 20.6 Å². The normalized spacial score (nSPS) is 15.8. The number of aromatic amines is 1. The summed E-state index contributed by atoms with van der Waals surface area (Å²) in [5, 5.41) is 6.31. The fourth-order valence-corrected chi connectivity index (χ4v) is 3.60. The quantitative estimate of drug-likeness (QED) is 0.331. The number of H-pyrrole nitrogens is 1. The molecule has 0 aliphatic rings. The van der Waals surface area contributed by atoms with Crippen LogP contribution in [-0.2, 0) is 6.50 Å². The van der Waals surface area contributed by atoms with Crippen molar-refractivity contribution in [2.75, 3.05) is 24.7 Å². The Kier molecular flexibility index (Phi) is 3.43. The fourth-order valence-electron chi connectivity index (χ4n) is 3.60. The van der Waals surface area contributed by atoms with Crippen LogP contribution in [0.5, 0.6) is 11.5 Å². The van der Waals surface area contributed by atoms with E-state index in [-0.39, 0.29) is 17.2 Å². The Hall–Kier alpha value is -4.46. The summed E-state index contributed by atoms with van der Waals surface area (Å²) in [6, 6.07) is 12.7. The first kappa shape index (κ1) is 13.2. The minimum atomic E-state index is -2.84. The number of fused-ring (bicyclic) bond motifs is 2. The third-order valence-corrected chi connectivity index (χ3v) is 5.11. The highest BCUT2D eigenvalue weighted by Gasteiger charge is 2.13. The Morgan fingerprint density at radius 2 is 2.00 bits per heavy atom. The molecular weight excluding hydrogens is 418 g/mol. The SMILES string of the molecule is [2H]C([2H])([2H])Oc1ccc(OC([2H])([2H])[2H])c(NC(=O)Nc2cccc3c2ccn3C([2H])([2H])c2ccnc3[nH]ccc23)c1. The molecule has 0 spiro atoms. The molecule has 0 saturated heterocycles. The van der Waals surface area contributed by atoms with Crippen LogP contribution in [0.2, 0.25) is 0 Å². The summed E-state index contributed by atoms with van der Waals surface area (Å²) in [6.45, 7) is -1.98. The molecule has 0 radical (unpaired) electrons. The summed E-state index contributed by atoms with van der Waals surface area (Å²) in [6.07, 6.45) is 4.78. The lowest BCUT2D eigenvalue weighted by molar-refractivity contribution is 0.262. The molecule has 33 heavy (non-hydrogen) atoms. The number of hydrogen-bond donors (Lipinski definition) is 3. The van der Waals surface area contributed by atoms with Crippen LogP contribution in [0.1, 0.15) is 16.5 Å². The molecule has 5 aromatic rings. The number of ether oxygens (including phenoxy) is 2. The Morgan fingerprint density at radius 3 is 2.91 bits per heavy atom. The predicted octanol–water partition coefficient (Wildman–Crippen LogP) is 5.23. The topological polar surface area (TPSA) is 93.2 Å². The van der Waals surface area contributed by atoms with E-state index in [1.165, 1.54) is 22.9 Å². The standard InChI is InChI=1S/C25H23N5O3/c1-32-17-6-7-23(33-2)21(14-17)29-25(31)28-20-4-3-5-22-19(20)10-13-30(22)15-16-8-11-26-24-18(16)9-12-27-24/h3-14H,15H2,1-2H3,(H,26,27)(H2,28,29,31)/i1D3,2D3,15D2. The minimum Gasteiger partial charge on any atom is -0.497 e. The minimum absolute atomic E-state index is 0.144. The summed E-state index contributed by atoms with van der Waals surface area (Å²) in [5.74, 6) is -0.378. The van der Waals surface area contributed by atoms with E-state index >= 15 is 0 Å². The highest BCUT2D eigenvalue weighted by atomic mass is 16.5. The molecule has 0 aliphatic carbocycles. The van der Waals surface area contributed by atoms with Gasteiger partial charge in [0.25, 0.3) is 0 Å². The number of anilines is 2. The second-order valence-electron chi connectivity index (χ2n) is 7.08. The molecule has 8 nitrogen and oxygen atoms in total. The maximum absolute atomic E-state index is 13.0. The first-order chi connectivity index (χ1) is 19.2. The van der Waals surface area contributed by atoms with E-state index in [0.29, 0.717) is 33.2 Å². The van der Waals surface area contributed by atoms with Gasteiger partial charge >= 0.3 is 6.03 Å². The van der Waals surface area contributed by atoms with E-state index in [4.69, 9.17) is 20.4 Å². The highest BCUT2D eigenvalue weighted by Crippen LogP contribution is 2.30. The van der Waals surface area contributed by atoms with E-state index in [1.807, 2.05) is 0 Å². The molecule has 8 heteroatoms. The van der Waals surface area contributed by atoms with Crippen molar-refractivity contribution >= 4 is 39.3 Å². The number of nitrogens with zero attached hydrogens (tertiary/aromatic N) is 2. The van der Waals surface area contributed by atoms with E-state index in [9.17, 15) is 4.79 Å². The molecular formula is C25H23N5O3. The van der Waals surface area contributed by atoms with Crippen molar-refractivity contribution in [3.63, 3.8) is 0 Å². The molecule has 0 atom stereocenters. The van der Waals surface area contributed by atoms with Crippen LogP contribution in [0.25, 0.3) is 21.9 Å². The zero-order valence-electron chi connectivity index (χ0n) is 25.0. The average Bonchev–Trinajstić information content (AvgIpc) is 3.52. The highest BCUT2D eigenvalue weighted by molar-refractivity contribution is 6.06. The summed E-state index contributed by atoms with van der Waals surface area (Å²) < 4.78 is 73.2. The molecule has 0 unspecified atom stereocenters. The van der Waals surface area contributed by atoms with Crippen LogP contribution in [0.15, 0.2) is 73.2 Å². The number of amides is 2. The number of benzene rings is 2. The second kappa shape index (κ2) is 8.58. The average molecular weight is 450 g/mol. The Balaban J connectivity index is 1.44. The number of carbonyl (C=O) groups excluding carboxylic acids is 1. The van der Waals surface area contributed by atoms with Gasteiger partial charge in [-0.05, 0) is 48.0 Å². The van der Waals surface area contributed by atoms with Crippen molar-refractivity contribution in [1.29, 1.82) is 0 Å². The zero-order chi connectivity index (χ0) is 29.6. The molecule has 0 bridgehead atoms. The molecule has 2 amide bonds.